The maximum Gasteiger partial charge on any atom is 0.179 e. The van der Waals surface area contributed by atoms with Crippen molar-refractivity contribution in [2.75, 3.05) is 6.26 Å². The first-order chi connectivity index (χ1) is 10.5. The van der Waals surface area contributed by atoms with E-state index in [0.29, 0.717) is 18.2 Å². The van der Waals surface area contributed by atoms with Crippen molar-refractivity contribution in [1.29, 1.82) is 0 Å². The molecule has 0 aromatic carbocycles. The van der Waals surface area contributed by atoms with E-state index in [4.69, 9.17) is 0 Å². The number of pyridine rings is 1. The fourth-order valence-corrected chi connectivity index (χ4v) is 2.47. The van der Waals surface area contributed by atoms with Crippen molar-refractivity contribution < 1.29 is 5.11 Å². The van der Waals surface area contributed by atoms with E-state index in [1.807, 2.05) is 36.1 Å². The van der Waals surface area contributed by atoms with Gasteiger partial charge in [-0.05, 0) is 37.1 Å². The van der Waals surface area contributed by atoms with Crippen LogP contribution in [0, 0.1) is 5.92 Å². The zero-order valence-corrected chi connectivity index (χ0v) is 14.5. The van der Waals surface area contributed by atoms with Gasteiger partial charge in [-0.1, -0.05) is 26.8 Å². The molecule has 1 unspecified atom stereocenters. The van der Waals surface area contributed by atoms with Crippen LogP contribution in [0.2, 0.25) is 0 Å². The number of aliphatic hydroxyl groups excluding tert-OH is 1. The SMILES string of the molecule is CCC(O)c1nc(-c2cccc(SC)n2)n(CCC(C)C)n1. The Balaban J connectivity index is 2.39. The second kappa shape index (κ2) is 7.74. The summed E-state index contributed by atoms with van der Waals surface area (Å²) >= 11 is 1.60. The van der Waals surface area contributed by atoms with Gasteiger partial charge in [-0.25, -0.2) is 14.6 Å². The summed E-state index contributed by atoms with van der Waals surface area (Å²) in [6.45, 7) is 7.07. The van der Waals surface area contributed by atoms with E-state index in [1.54, 1.807) is 11.8 Å². The molecule has 0 saturated heterocycles. The summed E-state index contributed by atoms with van der Waals surface area (Å²) in [4.78, 5) is 9.14. The van der Waals surface area contributed by atoms with Crippen LogP contribution in [0.4, 0.5) is 0 Å². The number of aromatic nitrogens is 4. The van der Waals surface area contributed by atoms with Gasteiger partial charge in [-0.3, -0.25) is 0 Å². The van der Waals surface area contributed by atoms with Crippen LogP contribution in [-0.4, -0.2) is 31.1 Å². The van der Waals surface area contributed by atoms with E-state index >= 15 is 0 Å². The first-order valence-electron chi connectivity index (χ1n) is 7.69. The Morgan fingerprint density at radius 2 is 2.05 bits per heavy atom. The maximum absolute atomic E-state index is 10.0. The van der Waals surface area contributed by atoms with Crippen molar-refractivity contribution in [1.82, 2.24) is 19.7 Å². The zero-order chi connectivity index (χ0) is 16.1. The lowest BCUT2D eigenvalue weighted by atomic mass is 10.1. The van der Waals surface area contributed by atoms with Crippen molar-refractivity contribution in [2.45, 2.75) is 51.3 Å². The first-order valence-corrected chi connectivity index (χ1v) is 8.91. The highest BCUT2D eigenvalue weighted by Gasteiger charge is 2.18. The molecule has 0 spiro atoms. The van der Waals surface area contributed by atoms with E-state index in [9.17, 15) is 5.11 Å². The highest BCUT2D eigenvalue weighted by Crippen LogP contribution is 2.22. The number of aryl methyl sites for hydroxylation is 1. The van der Waals surface area contributed by atoms with Crippen LogP contribution in [0.5, 0.6) is 0 Å². The van der Waals surface area contributed by atoms with Gasteiger partial charge in [0.15, 0.2) is 11.6 Å². The Bertz CT molecular complexity index is 612. The number of rotatable bonds is 7. The monoisotopic (exact) mass is 320 g/mol. The van der Waals surface area contributed by atoms with Gasteiger partial charge in [0.25, 0.3) is 0 Å². The minimum absolute atomic E-state index is 0.484. The molecular weight excluding hydrogens is 296 g/mol. The van der Waals surface area contributed by atoms with Crippen LogP contribution in [0.25, 0.3) is 11.5 Å². The van der Waals surface area contributed by atoms with Gasteiger partial charge in [-0.2, -0.15) is 5.10 Å². The van der Waals surface area contributed by atoms with Crippen molar-refractivity contribution in [3.05, 3.63) is 24.0 Å². The average molecular weight is 320 g/mol. The van der Waals surface area contributed by atoms with Crippen molar-refractivity contribution in [3.8, 4) is 11.5 Å². The maximum atomic E-state index is 10.0. The molecule has 2 aromatic heterocycles. The molecule has 22 heavy (non-hydrogen) atoms. The lowest BCUT2D eigenvalue weighted by Gasteiger charge is -2.08. The molecule has 0 amide bonds. The lowest BCUT2D eigenvalue weighted by molar-refractivity contribution is 0.163. The van der Waals surface area contributed by atoms with Gasteiger partial charge in [0.1, 0.15) is 11.8 Å². The van der Waals surface area contributed by atoms with Gasteiger partial charge < -0.3 is 5.11 Å². The molecule has 0 aliphatic heterocycles. The topological polar surface area (TPSA) is 63.8 Å². The molecule has 0 aliphatic rings. The number of aliphatic hydroxyl groups is 1. The molecule has 6 heteroatoms. The summed E-state index contributed by atoms with van der Waals surface area (Å²) in [6.07, 6.45) is 3.00. The van der Waals surface area contributed by atoms with E-state index < -0.39 is 6.10 Å². The molecule has 0 radical (unpaired) electrons. The van der Waals surface area contributed by atoms with Crippen LogP contribution in [0.15, 0.2) is 23.2 Å². The van der Waals surface area contributed by atoms with Gasteiger partial charge >= 0.3 is 0 Å². The Morgan fingerprint density at radius 1 is 1.27 bits per heavy atom. The third kappa shape index (κ3) is 4.08. The highest BCUT2D eigenvalue weighted by molar-refractivity contribution is 7.98. The number of thioether (sulfide) groups is 1. The third-order valence-electron chi connectivity index (χ3n) is 3.45. The molecule has 2 rings (SSSR count). The van der Waals surface area contributed by atoms with Gasteiger partial charge in [0, 0.05) is 6.54 Å². The Kier molecular flexibility index (Phi) is 5.97. The van der Waals surface area contributed by atoms with Crippen LogP contribution in [0.1, 0.15) is 45.5 Å². The van der Waals surface area contributed by atoms with Crippen LogP contribution < -0.4 is 0 Å². The highest BCUT2D eigenvalue weighted by atomic mass is 32.2. The first kappa shape index (κ1) is 17.0. The molecule has 2 aromatic rings. The van der Waals surface area contributed by atoms with E-state index in [-0.39, 0.29) is 0 Å². The normalized spacial score (nSPS) is 12.8. The van der Waals surface area contributed by atoms with Gasteiger partial charge in [0.2, 0.25) is 0 Å². The molecule has 0 saturated carbocycles. The van der Waals surface area contributed by atoms with Crippen LogP contribution in [0.3, 0.4) is 0 Å². The predicted molar refractivity (Wildman–Crippen MR) is 89.7 cm³/mol. The minimum Gasteiger partial charge on any atom is -0.385 e. The van der Waals surface area contributed by atoms with Crippen LogP contribution >= 0.6 is 11.8 Å². The third-order valence-corrected chi connectivity index (χ3v) is 4.10. The summed E-state index contributed by atoms with van der Waals surface area (Å²) in [6, 6.07) is 5.90. The molecular formula is C16H24N4OS. The Labute approximate surface area is 136 Å². The minimum atomic E-state index is -0.622. The standard InChI is InChI=1S/C16H24N4OS/c1-5-13(21)15-18-16(20(19-15)10-9-11(2)3)12-7-6-8-14(17-12)22-4/h6-8,11,13,21H,5,9-10H2,1-4H3. The molecule has 0 aliphatic carbocycles. The van der Waals surface area contributed by atoms with Crippen LogP contribution in [-0.2, 0) is 6.54 Å². The molecule has 2 heterocycles. The van der Waals surface area contributed by atoms with E-state index in [0.717, 1.165) is 29.5 Å². The lowest BCUT2D eigenvalue weighted by Crippen LogP contribution is -2.07. The average Bonchev–Trinajstić information content (AvgIpc) is 2.96. The van der Waals surface area contributed by atoms with Gasteiger partial charge in [-0.15, -0.1) is 11.8 Å². The fourth-order valence-electron chi connectivity index (χ4n) is 2.06. The Morgan fingerprint density at radius 3 is 2.68 bits per heavy atom. The number of hydrogen-bond donors (Lipinski definition) is 1. The predicted octanol–water partition coefficient (Wildman–Crippen LogP) is 3.55. The largest absolute Gasteiger partial charge is 0.385 e. The summed E-state index contributed by atoms with van der Waals surface area (Å²) in [5.41, 5.74) is 0.803. The number of hydrogen-bond acceptors (Lipinski definition) is 5. The van der Waals surface area contributed by atoms with E-state index in [1.165, 1.54) is 0 Å². The fraction of sp³-hybridized carbons (Fsp3) is 0.562. The zero-order valence-electron chi connectivity index (χ0n) is 13.7. The smallest absolute Gasteiger partial charge is 0.179 e. The molecule has 1 N–H and O–H groups in total. The quantitative estimate of drug-likeness (QED) is 0.790. The number of nitrogens with zero attached hydrogens (tertiary/aromatic N) is 4. The van der Waals surface area contributed by atoms with Gasteiger partial charge in [0.05, 0.1) is 5.03 Å². The second-order valence-electron chi connectivity index (χ2n) is 5.69. The van der Waals surface area contributed by atoms with Crippen molar-refractivity contribution in [3.63, 3.8) is 0 Å². The van der Waals surface area contributed by atoms with Crippen molar-refractivity contribution in [2.24, 2.45) is 5.92 Å². The molecule has 0 fully saturated rings. The second-order valence-corrected chi connectivity index (χ2v) is 6.52. The summed E-state index contributed by atoms with van der Waals surface area (Å²) < 4.78 is 1.88. The summed E-state index contributed by atoms with van der Waals surface area (Å²) in [5, 5.41) is 15.5. The molecule has 0 bridgehead atoms. The Hall–Kier alpha value is -1.40. The molecule has 1 atom stereocenters. The molecule has 5 nitrogen and oxygen atoms in total. The summed E-state index contributed by atoms with van der Waals surface area (Å²) in [5.74, 6) is 1.80. The van der Waals surface area contributed by atoms with Crippen molar-refractivity contribution >= 4 is 11.8 Å². The summed E-state index contributed by atoms with van der Waals surface area (Å²) in [7, 11) is 0. The van der Waals surface area contributed by atoms with E-state index in [2.05, 4.69) is 28.9 Å². The molecule has 120 valence electrons.